The fourth-order valence-corrected chi connectivity index (χ4v) is 2.38. The van der Waals surface area contributed by atoms with Gasteiger partial charge in [0, 0.05) is 24.1 Å². The summed E-state index contributed by atoms with van der Waals surface area (Å²) in [6.45, 7) is 11.1. The lowest BCUT2D eigenvalue weighted by Crippen LogP contribution is -2.29. The Kier molecular flexibility index (Phi) is 8.32. The largest absolute Gasteiger partial charge is 0.356 e. The maximum Gasteiger partial charge on any atom is 0.220 e. The minimum Gasteiger partial charge on any atom is -0.356 e. The molecule has 0 aromatic rings. The molecule has 0 radical (unpaired) electrons. The van der Waals surface area contributed by atoms with Crippen molar-refractivity contribution in [2.75, 3.05) is 12.3 Å². The molecule has 0 heterocycles. The number of nitrogens with one attached hydrogen (secondary N) is 1. The number of amides is 1. The van der Waals surface area contributed by atoms with Gasteiger partial charge in [0.2, 0.25) is 5.91 Å². The Bertz CT molecular complexity index is 275. The first-order chi connectivity index (χ1) is 8.23. The lowest BCUT2D eigenvalue weighted by molar-refractivity contribution is -0.124. The molecule has 0 bridgehead atoms. The number of thioether (sulfide) groups is 1. The fraction of sp³-hybridized carbons (Fsp3) is 0.857. The van der Waals surface area contributed by atoms with E-state index in [2.05, 4.69) is 33.0 Å². The summed E-state index contributed by atoms with van der Waals surface area (Å²) in [6.07, 6.45) is 1.61. The predicted molar refractivity (Wildman–Crippen MR) is 78.9 cm³/mol. The summed E-state index contributed by atoms with van der Waals surface area (Å²) in [6, 6.07) is 0. The molecule has 1 N–H and O–H groups in total. The number of carbonyl (C=O) groups is 2. The van der Waals surface area contributed by atoms with Gasteiger partial charge in [0.25, 0.3) is 0 Å². The molecule has 0 aliphatic heterocycles. The summed E-state index contributed by atoms with van der Waals surface area (Å²) in [5.74, 6) is 1.89. The van der Waals surface area contributed by atoms with Crippen LogP contribution in [-0.4, -0.2) is 28.7 Å². The Morgan fingerprint density at radius 2 is 1.83 bits per heavy atom. The molecule has 0 aliphatic carbocycles. The van der Waals surface area contributed by atoms with E-state index in [9.17, 15) is 9.59 Å². The average Bonchev–Trinajstić information content (AvgIpc) is 2.23. The standard InChI is InChI=1S/C14H27NO2S/c1-11(2)10-18-14(4,5)8-9-15-13(17)7-6-12(3)16/h11H,6-10H2,1-5H3,(H,15,17). The van der Waals surface area contributed by atoms with E-state index in [-0.39, 0.29) is 16.4 Å². The first-order valence-corrected chi connectivity index (χ1v) is 7.61. The first kappa shape index (κ1) is 17.5. The van der Waals surface area contributed by atoms with Crippen LogP contribution in [0.3, 0.4) is 0 Å². The van der Waals surface area contributed by atoms with Crippen LogP contribution in [0.1, 0.15) is 53.9 Å². The van der Waals surface area contributed by atoms with E-state index in [4.69, 9.17) is 0 Å². The van der Waals surface area contributed by atoms with E-state index in [1.807, 2.05) is 11.8 Å². The van der Waals surface area contributed by atoms with Gasteiger partial charge in [0.15, 0.2) is 0 Å². The van der Waals surface area contributed by atoms with Gasteiger partial charge in [0.1, 0.15) is 5.78 Å². The van der Waals surface area contributed by atoms with Crippen molar-refractivity contribution in [3.05, 3.63) is 0 Å². The minimum atomic E-state index is -0.0186. The molecule has 0 aromatic heterocycles. The van der Waals surface area contributed by atoms with Gasteiger partial charge in [-0.25, -0.2) is 0 Å². The normalized spacial score (nSPS) is 11.7. The molecular weight excluding hydrogens is 246 g/mol. The SMILES string of the molecule is CC(=O)CCC(=O)NCCC(C)(C)SCC(C)C. The number of hydrogen-bond donors (Lipinski definition) is 1. The topological polar surface area (TPSA) is 46.2 Å². The van der Waals surface area contributed by atoms with Gasteiger partial charge in [-0.1, -0.05) is 27.7 Å². The molecule has 0 aliphatic rings. The monoisotopic (exact) mass is 273 g/mol. The number of Topliss-reactive ketones (excluding diaryl/α,β-unsaturated/α-hetero) is 1. The molecule has 0 aromatic carbocycles. The number of carbonyl (C=O) groups excluding carboxylic acids is 2. The Hall–Kier alpha value is -0.510. The van der Waals surface area contributed by atoms with E-state index < -0.39 is 0 Å². The molecule has 0 spiro atoms. The summed E-state index contributed by atoms with van der Waals surface area (Å²) in [5, 5.41) is 2.88. The third-order valence-corrected chi connectivity index (χ3v) is 4.38. The summed E-state index contributed by atoms with van der Waals surface area (Å²) >= 11 is 1.95. The fourth-order valence-electron chi connectivity index (χ4n) is 1.35. The van der Waals surface area contributed by atoms with Gasteiger partial charge in [-0.05, 0) is 25.0 Å². The number of rotatable bonds is 9. The number of ketones is 1. The smallest absolute Gasteiger partial charge is 0.220 e. The lowest BCUT2D eigenvalue weighted by Gasteiger charge is -2.25. The van der Waals surface area contributed by atoms with Gasteiger partial charge in [-0.15, -0.1) is 0 Å². The Morgan fingerprint density at radius 3 is 2.33 bits per heavy atom. The Labute approximate surface area is 115 Å². The van der Waals surface area contributed by atoms with Crippen LogP contribution in [0.25, 0.3) is 0 Å². The van der Waals surface area contributed by atoms with Crippen LogP contribution in [-0.2, 0) is 9.59 Å². The van der Waals surface area contributed by atoms with E-state index >= 15 is 0 Å². The molecule has 106 valence electrons. The molecule has 18 heavy (non-hydrogen) atoms. The van der Waals surface area contributed by atoms with Crippen LogP contribution in [0, 0.1) is 5.92 Å². The van der Waals surface area contributed by atoms with E-state index in [0.29, 0.717) is 25.3 Å². The van der Waals surface area contributed by atoms with Crippen molar-refractivity contribution in [3.63, 3.8) is 0 Å². The van der Waals surface area contributed by atoms with Gasteiger partial charge < -0.3 is 10.1 Å². The quantitative estimate of drug-likeness (QED) is 0.702. The van der Waals surface area contributed by atoms with Crippen molar-refractivity contribution in [3.8, 4) is 0 Å². The van der Waals surface area contributed by atoms with Crippen molar-refractivity contribution in [1.29, 1.82) is 0 Å². The second kappa shape index (κ2) is 8.57. The molecule has 0 atom stereocenters. The highest BCUT2D eigenvalue weighted by Gasteiger charge is 2.18. The van der Waals surface area contributed by atoms with E-state index in [1.165, 1.54) is 6.92 Å². The molecule has 0 rings (SSSR count). The summed E-state index contributed by atoms with van der Waals surface area (Å²) in [4.78, 5) is 22.2. The molecule has 0 saturated carbocycles. The zero-order valence-corrected chi connectivity index (χ0v) is 13.2. The third-order valence-electron chi connectivity index (χ3n) is 2.56. The van der Waals surface area contributed by atoms with Crippen molar-refractivity contribution in [1.82, 2.24) is 5.32 Å². The Balaban J connectivity index is 3.74. The highest BCUT2D eigenvalue weighted by Crippen LogP contribution is 2.29. The van der Waals surface area contributed by atoms with Gasteiger partial charge in [-0.2, -0.15) is 11.8 Å². The van der Waals surface area contributed by atoms with Crippen LogP contribution in [0.5, 0.6) is 0 Å². The molecule has 4 heteroatoms. The second-order valence-electron chi connectivity index (χ2n) is 5.77. The van der Waals surface area contributed by atoms with Crippen molar-refractivity contribution in [2.24, 2.45) is 5.92 Å². The number of hydrogen-bond acceptors (Lipinski definition) is 3. The zero-order chi connectivity index (χ0) is 14.2. The summed E-state index contributed by atoms with van der Waals surface area (Å²) in [7, 11) is 0. The van der Waals surface area contributed by atoms with Crippen molar-refractivity contribution < 1.29 is 9.59 Å². The van der Waals surface area contributed by atoms with Crippen LogP contribution in [0.4, 0.5) is 0 Å². The van der Waals surface area contributed by atoms with E-state index in [0.717, 1.165) is 12.2 Å². The van der Waals surface area contributed by atoms with Crippen LogP contribution in [0.2, 0.25) is 0 Å². The Morgan fingerprint density at radius 1 is 1.22 bits per heavy atom. The molecule has 0 unspecified atom stereocenters. The molecule has 0 fully saturated rings. The van der Waals surface area contributed by atoms with Crippen LogP contribution < -0.4 is 5.32 Å². The third kappa shape index (κ3) is 10.6. The van der Waals surface area contributed by atoms with Crippen molar-refractivity contribution in [2.45, 2.75) is 58.6 Å². The zero-order valence-electron chi connectivity index (χ0n) is 12.3. The molecule has 1 amide bonds. The molecular formula is C14H27NO2S. The average molecular weight is 273 g/mol. The lowest BCUT2D eigenvalue weighted by atomic mass is 10.1. The van der Waals surface area contributed by atoms with Gasteiger partial charge in [0.05, 0.1) is 0 Å². The van der Waals surface area contributed by atoms with Gasteiger partial charge >= 0.3 is 0 Å². The summed E-state index contributed by atoms with van der Waals surface area (Å²) in [5.41, 5.74) is 0. The predicted octanol–water partition coefficient (Wildman–Crippen LogP) is 3.03. The van der Waals surface area contributed by atoms with E-state index in [1.54, 1.807) is 0 Å². The molecule has 0 saturated heterocycles. The summed E-state index contributed by atoms with van der Waals surface area (Å²) < 4.78 is 0.193. The first-order valence-electron chi connectivity index (χ1n) is 6.63. The maximum atomic E-state index is 11.4. The van der Waals surface area contributed by atoms with Crippen LogP contribution >= 0.6 is 11.8 Å². The molecule has 3 nitrogen and oxygen atoms in total. The second-order valence-corrected chi connectivity index (χ2v) is 7.49. The van der Waals surface area contributed by atoms with Gasteiger partial charge in [-0.3, -0.25) is 4.79 Å². The highest BCUT2D eigenvalue weighted by molar-refractivity contribution is 8.00. The van der Waals surface area contributed by atoms with Crippen molar-refractivity contribution >= 4 is 23.5 Å². The maximum absolute atomic E-state index is 11.4. The highest BCUT2D eigenvalue weighted by atomic mass is 32.2. The van der Waals surface area contributed by atoms with Crippen LogP contribution in [0.15, 0.2) is 0 Å². The minimum absolute atomic E-state index is 0.0186.